The zero-order valence-corrected chi connectivity index (χ0v) is 17.2. The van der Waals surface area contributed by atoms with Crippen molar-refractivity contribution in [2.75, 3.05) is 0 Å². The number of rotatable bonds is 1. The number of cyclic esters (lactones) is 1. The molecule has 5 aliphatic rings. The van der Waals surface area contributed by atoms with Crippen molar-refractivity contribution in [3.8, 4) is 0 Å². The molecular weight excluding hydrogens is 320 g/mol. The monoisotopic (exact) mass is 358 g/mol. The zero-order chi connectivity index (χ0) is 18.2. The lowest BCUT2D eigenvalue weighted by Gasteiger charge is -2.60. The van der Waals surface area contributed by atoms with Gasteiger partial charge in [-0.1, -0.05) is 26.7 Å². The molecule has 0 bridgehead atoms. The number of esters is 1. The van der Waals surface area contributed by atoms with Gasteiger partial charge in [-0.05, 0) is 99.2 Å². The van der Waals surface area contributed by atoms with Crippen LogP contribution in [0, 0.1) is 40.4 Å². The van der Waals surface area contributed by atoms with E-state index in [1.807, 2.05) is 0 Å². The first-order valence-corrected chi connectivity index (χ1v) is 11.6. The van der Waals surface area contributed by atoms with Crippen molar-refractivity contribution in [2.24, 2.45) is 40.4 Å². The largest absolute Gasteiger partial charge is 0.459 e. The summed E-state index contributed by atoms with van der Waals surface area (Å²) in [5, 5.41) is 0. The van der Waals surface area contributed by atoms with Gasteiger partial charge in [0.2, 0.25) is 0 Å². The summed E-state index contributed by atoms with van der Waals surface area (Å²) in [6.07, 6.45) is 16.0. The number of hydrogen-bond acceptors (Lipinski definition) is 2. The lowest BCUT2D eigenvalue weighted by atomic mass is 9.45. The van der Waals surface area contributed by atoms with Gasteiger partial charge in [0.05, 0.1) is 0 Å². The second-order valence-corrected chi connectivity index (χ2v) is 11.4. The summed E-state index contributed by atoms with van der Waals surface area (Å²) in [6, 6.07) is 0. The Bertz CT molecular complexity index is 599. The molecule has 0 aromatic rings. The average molecular weight is 359 g/mol. The molecule has 8 atom stereocenters. The van der Waals surface area contributed by atoms with Gasteiger partial charge in [-0.3, -0.25) is 4.79 Å². The topological polar surface area (TPSA) is 26.3 Å². The van der Waals surface area contributed by atoms with E-state index in [1.54, 1.807) is 0 Å². The van der Waals surface area contributed by atoms with Crippen LogP contribution in [-0.2, 0) is 9.53 Å². The van der Waals surface area contributed by atoms with E-state index in [1.165, 1.54) is 64.2 Å². The van der Waals surface area contributed by atoms with Crippen LogP contribution in [0.15, 0.2) is 0 Å². The van der Waals surface area contributed by atoms with Crippen molar-refractivity contribution in [3.63, 3.8) is 0 Å². The predicted octanol–water partition coefficient (Wildman–Crippen LogP) is 6.13. The van der Waals surface area contributed by atoms with Crippen molar-refractivity contribution in [1.29, 1.82) is 0 Å². The minimum absolute atomic E-state index is 0.0467. The van der Waals surface area contributed by atoms with Crippen LogP contribution < -0.4 is 0 Å². The number of carbonyl (C=O) groups excluding carboxylic acids is 1. The first-order chi connectivity index (χ1) is 12.4. The maximum atomic E-state index is 11.9. The third-order valence-corrected chi connectivity index (χ3v) is 10.4. The molecule has 0 spiro atoms. The summed E-state index contributed by atoms with van der Waals surface area (Å²) in [7, 11) is 0. The summed E-state index contributed by atoms with van der Waals surface area (Å²) < 4.78 is 5.93. The van der Waals surface area contributed by atoms with Gasteiger partial charge in [0, 0.05) is 12.3 Å². The van der Waals surface area contributed by atoms with E-state index in [0.29, 0.717) is 23.2 Å². The Kier molecular flexibility index (Phi) is 3.88. The average Bonchev–Trinajstić information content (AvgIpc) is 3.14. The molecule has 2 nitrogen and oxygen atoms in total. The molecule has 26 heavy (non-hydrogen) atoms. The lowest BCUT2D eigenvalue weighted by Crippen LogP contribution is -2.53. The fourth-order valence-corrected chi connectivity index (χ4v) is 9.05. The lowest BCUT2D eigenvalue weighted by molar-refractivity contribution is -0.157. The molecule has 1 unspecified atom stereocenters. The Morgan fingerprint density at radius 3 is 2.35 bits per heavy atom. The van der Waals surface area contributed by atoms with Gasteiger partial charge in [0.1, 0.15) is 5.60 Å². The molecule has 4 aliphatic carbocycles. The molecule has 1 aliphatic heterocycles. The van der Waals surface area contributed by atoms with E-state index in [9.17, 15) is 4.79 Å². The van der Waals surface area contributed by atoms with Crippen LogP contribution in [0.2, 0.25) is 0 Å². The number of carbonyl (C=O) groups is 1. The van der Waals surface area contributed by atoms with Gasteiger partial charge in [-0.25, -0.2) is 0 Å². The number of hydrogen-bond donors (Lipinski definition) is 0. The van der Waals surface area contributed by atoms with Crippen LogP contribution in [-0.4, -0.2) is 11.6 Å². The molecule has 146 valence electrons. The third kappa shape index (κ3) is 2.32. The van der Waals surface area contributed by atoms with Crippen LogP contribution in [0.25, 0.3) is 0 Å². The number of fused-ring (bicyclic) bond motifs is 5. The van der Waals surface area contributed by atoms with Gasteiger partial charge in [0.15, 0.2) is 0 Å². The summed E-state index contributed by atoms with van der Waals surface area (Å²) in [6.45, 7) is 7.51. The molecule has 0 radical (unpaired) electrons. The van der Waals surface area contributed by atoms with E-state index in [2.05, 4.69) is 20.8 Å². The maximum Gasteiger partial charge on any atom is 0.306 e. The second kappa shape index (κ2) is 5.74. The normalized spacial score (nSPS) is 56.4. The van der Waals surface area contributed by atoms with E-state index >= 15 is 0 Å². The Labute approximate surface area is 159 Å². The van der Waals surface area contributed by atoms with Crippen LogP contribution >= 0.6 is 0 Å². The first kappa shape index (κ1) is 17.6. The van der Waals surface area contributed by atoms with Gasteiger partial charge in [-0.15, -0.1) is 0 Å². The molecular formula is C24H38O2. The Balaban J connectivity index is 1.41. The molecule has 1 heterocycles. The molecule has 0 amide bonds. The molecule has 4 saturated carbocycles. The standard InChI is InChI=1S/C24H38O2/c1-22-12-5-4-6-17(22)16-7-8-19-20(24(3)15-11-21(25)26-24)10-14-23(19,2)18(16)9-13-22/h16-20H,4-15H2,1-3H3/t16-,17-,18-,19+,20-,22-,23+,24?/m0/s1. The molecule has 2 heteroatoms. The van der Waals surface area contributed by atoms with Gasteiger partial charge in [-0.2, -0.15) is 0 Å². The van der Waals surface area contributed by atoms with Crippen LogP contribution in [0.5, 0.6) is 0 Å². The smallest absolute Gasteiger partial charge is 0.306 e. The maximum absolute atomic E-state index is 11.9. The fraction of sp³-hybridized carbons (Fsp3) is 0.958. The van der Waals surface area contributed by atoms with Crippen LogP contribution in [0.3, 0.4) is 0 Å². The Morgan fingerprint density at radius 2 is 1.58 bits per heavy atom. The van der Waals surface area contributed by atoms with Gasteiger partial charge in [0.25, 0.3) is 0 Å². The van der Waals surface area contributed by atoms with Crippen LogP contribution in [0.4, 0.5) is 0 Å². The highest BCUT2D eigenvalue weighted by molar-refractivity contribution is 5.72. The predicted molar refractivity (Wildman–Crippen MR) is 104 cm³/mol. The summed E-state index contributed by atoms with van der Waals surface area (Å²) in [4.78, 5) is 11.9. The molecule has 5 fully saturated rings. The first-order valence-electron chi connectivity index (χ1n) is 11.6. The Hall–Kier alpha value is -0.530. The van der Waals surface area contributed by atoms with E-state index in [0.717, 1.165) is 30.1 Å². The van der Waals surface area contributed by atoms with Crippen molar-refractivity contribution in [3.05, 3.63) is 0 Å². The fourth-order valence-electron chi connectivity index (χ4n) is 9.05. The highest BCUT2D eigenvalue weighted by Gasteiger charge is 2.62. The molecule has 0 aromatic heterocycles. The minimum Gasteiger partial charge on any atom is -0.459 e. The summed E-state index contributed by atoms with van der Waals surface area (Å²) >= 11 is 0. The van der Waals surface area contributed by atoms with Crippen molar-refractivity contribution < 1.29 is 9.53 Å². The van der Waals surface area contributed by atoms with Gasteiger partial charge < -0.3 is 4.74 Å². The van der Waals surface area contributed by atoms with Crippen molar-refractivity contribution in [2.45, 2.75) is 103 Å². The Morgan fingerprint density at radius 1 is 0.769 bits per heavy atom. The quantitative estimate of drug-likeness (QED) is 0.527. The molecule has 1 saturated heterocycles. The zero-order valence-electron chi connectivity index (χ0n) is 17.2. The molecule has 0 aromatic carbocycles. The molecule has 5 rings (SSSR count). The molecule has 0 N–H and O–H groups in total. The van der Waals surface area contributed by atoms with E-state index in [-0.39, 0.29) is 11.6 Å². The highest BCUT2D eigenvalue weighted by Crippen LogP contribution is 2.68. The van der Waals surface area contributed by atoms with Crippen molar-refractivity contribution >= 4 is 5.97 Å². The van der Waals surface area contributed by atoms with Crippen molar-refractivity contribution in [1.82, 2.24) is 0 Å². The van der Waals surface area contributed by atoms with E-state index in [4.69, 9.17) is 4.74 Å². The van der Waals surface area contributed by atoms with E-state index < -0.39 is 0 Å². The number of ether oxygens (including phenoxy) is 1. The minimum atomic E-state index is -0.166. The van der Waals surface area contributed by atoms with Gasteiger partial charge >= 0.3 is 5.97 Å². The SMILES string of the molecule is CC1([C@H]2CC[C@@]3(C)[C@@H]2CC[C@H]2[C@@H]4CCCC[C@@]4(C)CC[C@@H]23)CCC(=O)O1. The summed E-state index contributed by atoms with van der Waals surface area (Å²) in [5.41, 5.74) is 0.984. The highest BCUT2D eigenvalue weighted by atomic mass is 16.6. The van der Waals surface area contributed by atoms with Crippen LogP contribution in [0.1, 0.15) is 97.8 Å². The second-order valence-electron chi connectivity index (χ2n) is 11.4. The third-order valence-electron chi connectivity index (χ3n) is 10.4. The summed E-state index contributed by atoms with van der Waals surface area (Å²) in [5.74, 6) is 4.35.